The number of rotatable bonds is 4. The monoisotopic (exact) mass is 319 g/mol. The molecule has 0 N–H and O–H groups in total. The standard InChI is InChI=1S/C17H21NO5/c1-3-22-17(21)14-5-4-10-18(11-14)16(20)13-6-8-15(9-7-13)23-12(2)19/h6-9,14H,3-5,10-11H2,1-2H3/t14-/m0/s1. The van der Waals surface area contributed by atoms with Crippen LogP contribution in [0.3, 0.4) is 0 Å². The van der Waals surface area contributed by atoms with Gasteiger partial charge in [-0.15, -0.1) is 0 Å². The predicted octanol–water partition coefficient (Wildman–Crippen LogP) is 2.03. The van der Waals surface area contributed by atoms with Crippen molar-refractivity contribution in [1.82, 2.24) is 4.90 Å². The van der Waals surface area contributed by atoms with Crippen LogP contribution in [-0.4, -0.2) is 42.4 Å². The minimum absolute atomic E-state index is 0.131. The minimum Gasteiger partial charge on any atom is -0.466 e. The van der Waals surface area contributed by atoms with Crippen molar-refractivity contribution in [3.8, 4) is 5.75 Å². The smallest absolute Gasteiger partial charge is 0.310 e. The lowest BCUT2D eigenvalue weighted by molar-refractivity contribution is -0.149. The van der Waals surface area contributed by atoms with E-state index in [0.29, 0.717) is 31.0 Å². The number of ether oxygens (including phenoxy) is 2. The summed E-state index contributed by atoms with van der Waals surface area (Å²) in [6, 6.07) is 6.41. The van der Waals surface area contributed by atoms with E-state index in [2.05, 4.69) is 0 Å². The summed E-state index contributed by atoms with van der Waals surface area (Å²) in [6.07, 6.45) is 1.52. The van der Waals surface area contributed by atoms with Crippen molar-refractivity contribution in [2.45, 2.75) is 26.7 Å². The van der Waals surface area contributed by atoms with E-state index in [1.54, 1.807) is 36.1 Å². The van der Waals surface area contributed by atoms with Crippen LogP contribution in [0.15, 0.2) is 24.3 Å². The molecule has 0 radical (unpaired) electrons. The molecular weight excluding hydrogens is 298 g/mol. The van der Waals surface area contributed by atoms with Crippen LogP contribution in [0.2, 0.25) is 0 Å². The molecule has 1 aliphatic heterocycles. The van der Waals surface area contributed by atoms with Crippen LogP contribution in [0, 0.1) is 5.92 Å². The highest BCUT2D eigenvalue weighted by molar-refractivity contribution is 5.94. The molecule has 1 amide bonds. The van der Waals surface area contributed by atoms with E-state index < -0.39 is 5.97 Å². The van der Waals surface area contributed by atoms with E-state index in [4.69, 9.17) is 9.47 Å². The maximum absolute atomic E-state index is 12.5. The second-order valence-corrected chi connectivity index (χ2v) is 5.46. The average Bonchev–Trinajstić information content (AvgIpc) is 2.55. The Balaban J connectivity index is 2.01. The number of hydrogen-bond acceptors (Lipinski definition) is 5. The predicted molar refractivity (Wildman–Crippen MR) is 83.0 cm³/mol. The van der Waals surface area contributed by atoms with Crippen molar-refractivity contribution in [1.29, 1.82) is 0 Å². The third kappa shape index (κ3) is 4.55. The van der Waals surface area contributed by atoms with Crippen LogP contribution >= 0.6 is 0 Å². The van der Waals surface area contributed by atoms with E-state index in [-0.39, 0.29) is 17.8 Å². The lowest BCUT2D eigenvalue weighted by atomic mass is 9.97. The van der Waals surface area contributed by atoms with E-state index in [9.17, 15) is 14.4 Å². The molecule has 0 bridgehead atoms. The molecule has 1 aromatic carbocycles. The Morgan fingerprint density at radius 2 is 1.91 bits per heavy atom. The maximum atomic E-state index is 12.5. The van der Waals surface area contributed by atoms with Gasteiger partial charge in [0.2, 0.25) is 0 Å². The number of benzene rings is 1. The SMILES string of the molecule is CCOC(=O)[C@H]1CCCN(C(=O)c2ccc(OC(C)=O)cc2)C1. The summed E-state index contributed by atoms with van der Waals surface area (Å²) in [7, 11) is 0. The van der Waals surface area contributed by atoms with Crippen molar-refractivity contribution in [3.63, 3.8) is 0 Å². The molecule has 23 heavy (non-hydrogen) atoms. The normalized spacial score (nSPS) is 17.5. The Morgan fingerprint density at radius 3 is 2.52 bits per heavy atom. The first-order valence-electron chi connectivity index (χ1n) is 7.75. The van der Waals surface area contributed by atoms with Gasteiger partial charge in [-0.2, -0.15) is 0 Å². The Morgan fingerprint density at radius 1 is 1.22 bits per heavy atom. The second-order valence-electron chi connectivity index (χ2n) is 5.46. The van der Waals surface area contributed by atoms with Crippen LogP contribution in [0.1, 0.15) is 37.0 Å². The topological polar surface area (TPSA) is 72.9 Å². The third-order valence-corrected chi connectivity index (χ3v) is 3.69. The molecule has 1 aliphatic rings. The summed E-state index contributed by atoms with van der Waals surface area (Å²) in [6.45, 7) is 4.45. The van der Waals surface area contributed by atoms with E-state index in [1.165, 1.54) is 6.92 Å². The van der Waals surface area contributed by atoms with Crippen molar-refractivity contribution in [3.05, 3.63) is 29.8 Å². The Labute approximate surface area is 135 Å². The fourth-order valence-electron chi connectivity index (χ4n) is 2.63. The summed E-state index contributed by atoms with van der Waals surface area (Å²) in [5, 5.41) is 0. The number of nitrogens with zero attached hydrogens (tertiary/aromatic N) is 1. The molecule has 1 fully saturated rings. The molecule has 0 aliphatic carbocycles. The summed E-state index contributed by atoms with van der Waals surface area (Å²) < 4.78 is 9.99. The van der Waals surface area contributed by atoms with Crippen molar-refractivity contribution in [2.24, 2.45) is 5.92 Å². The first-order chi connectivity index (χ1) is 11.0. The van der Waals surface area contributed by atoms with Gasteiger partial charge in [0.05, 0.1) is 12.5 Å². The molecule has 0 unspecified atom stereocenters. The number of carbonyl (C=O) groups excluding carboxylic acids is 3. The fraction of sp³-hybridized carbons (Fsp3) is 0.471. The largest absolute Gasteiger partial charge is 0.466 e. The van der Waals surface area contributed by atoms with Crippen molar-refractivity contribution >= 4 is 17.8 Å². The Kier molecular flexibility index (Phi) is 5.73. The van der Waals surface area contributed by atoms with E-state index in [1.807, 2.05) is 0 Å². The summed E-state index contributed by atoms with van der Waals surface area (Å²) in [4.78, 5) is 36.9. The molecule has 124 valence electrons. The number of piperidine rings is 1. The maximum Gasteiger partial charge on any atom is 0.310 e. The van der Waals surface area contributed by atoms with Crippen LogP contribution in [0.4, 0.5) is 0 Å². The number of carbonyl (C=O) groups is 3. The number of esters is 2. The quantitative estimate of drug-likeness (QED) is 0.627. The zero-order valence-corrected chi connectivity index (χ0v) is 13.4. The molecule has 2 rings (SSSR count). The van der Waals surface area contributed by atoms with Crippen molar-refractivity contribution < 1.29 is 23.9 Å². The highest BCUT2D eigenvalue weighted by Gasteiger charge is 2.29. The molecule has 1 saturated heterocycles. The first kappa shape index (κ1) is 17.0. The van der Waals surface area contributed by atoms with Gasteiger partial charge in [-0.1, -0.05) is 0 Å². The van der Waals surface area contributed by atoms with Crippen LogP contribution in [-0.2, 0) is 14.3 Å². The van der Waals surface area contributed by atoms with Gasteiger partial charge in [-0.25, -0.2) is 0 Å². The van der Waals surface area contributed by atoms with Gasteiger partial charge in [0.15, 0.2) is 0 Å². The summed E-state index contributed by atoms with van der Waals surface area (Å²) in [5.74, 6) is -0.633. The summed E-state index contributed by atoms with van der Waals surface area (Å²) in [5.41, 5.74) is 0.505. The van der Waals surface area contributed by atoms with Gasteiger partial charge in [0, 0.05) is 25.6 Å². The van der Waals surface area contributed by atoms with Gasteiger partial charge >= 0.3 is 11.9 Å². The van der Waals surface area contributed by atoms with Gasteiger partial charge in [-0.3, -0.25) is 14.4 Å². The average molecular weight is 319 g/mol. The van der Waals surface area contributed by atoms with Gasteiger partial charge in [-0.05, 0) is 44.0 Å². The fourth-order valence-corrected chi connectivity index (χ4v) is 2.63. The molecule has 6 nitrogen and oxygen atoms in total. The Bertz CT molecular complexity index is 581. The first-order valence-corrected chi connectivity index (χ1v) is 7.75. The van der Waals surface area contributed by atoms with Crippen LogP contribution < -0.4 is 4.74 Å². The van der Waals surface area contributed by atoms with Crippen LogP contribution in [0.5, 0.6) is 5.75 Å². The minimum atomic E-state index is -0.405. The third-order valence-electron chi connectivity index (χ3n) is 3.69. The zero-order valence-electron chi connectivity index (χ0n) is 13.4. The molecule has 0 saturated carbocycles. The number of likely N-dealkylation sites (tertiary alicyclic amines) is 1. The highest BCUT2D eigenvalue weighted by Crippen LogP contribution is 2.21. The Hall–Kier alpha value is -2.37. The molecule has 1 atom stereocenters. The molecule has 0 aromatic heterocycles. The molecule has 6 heteroatoms. The second kappa shape index (κ2) is 7.76. The van der Waals surface area contributed by atoms with Crippen molar-refractivity contribution in [2.75, 3.05) is 19.7 Å². The van der Waals surface area contributed by atoms with E-state index >= 15 is 0 Å². The van der Waals surface area contributed by atoms with Gasteiger partial charge in [0.25, 0.3) is 5.91 Å². The molecular formula is C17H21NO5. The van der Waals surface area contributed by atoms with E-state index in [0.717, 1.165) is 12.8 Å². The lowest BCUT2D eigenvalue weighted by Gasteiger charge is -2.31. The molecule has 0 spiro atoms. The number of hydrogen-bond donors (Lipinski definition) is 0. The molecule has 1 heterocycles. The lowest BCUT2D eigenvalue weighted by Crippen LogP contribution is -2.42. The van der Waals surface area contributed by atoms with Gasteiger partial charge < -0.3 is 14.4 Å². The van der Waals surface area contributed by atoms with Crippen LogP contribution in [0.25, 0.3) is 0 Å². The number of amides is 1. The molecule has 1 aromatic rings. The zero-order chi connectivity index (χ0) is 16.8. The van der Waals surface area contributed by atoms with Gasteiger partial charge in [0.1, 0.15) is 5.75 Å². The highest BCUT2D eigenvalue weighted by atomic mass is 16.5. The summed E-state index contributed by atoms with van der Waals surface area (Å²) >= 11 is 0.